The van der Waals surface area contributed by atoms with Crippen LogP contribution < -0.4 is 20.5 Å². The summed E-state index contributed by atoms with van der Waals surface area (Å²) in [4.78, 5) is 10.7. The van der Waals surface area contributed by atoms with Crippen LogP contribution in [-0.2, 0) is 16.0 Å². The number of aliphatic hydroxyl groups excluding tert-OH is 4. The van der Waals surface area contributed by atoms with Gasteiger partial charge >= 0.3 is 0 Å². The summed E-state index contributed by atoms with van der Waals surface area (Å²) in [5, 5.41) is 50.2. The van der Waals surface area contributed by atoms with E-state index in [-0.39, 0.29) is 18.3 Å². The fraction of sp³-hybridized carbons (Fsp3) is 0.600. The minimum absolute atomic E-state index is 0.0979. The van der Waals surface area contributed by atoms with Crippen molar-refractivity contribution in [2.75, 3.05) is 26.3 Å². The molecule has 2 heterocycles. The second-order valence-electron chi connectivity index (χ2n) is 9.50. The van der Waals surface area contributed by atoms with Crippen molar-refractivity contribution in [3.05, 3.63) is 40.6 Å². The number of hydrogen-bond donors (Lipinski definition) is 7. The molecular weight excluding hydrogens is 484 g/mol. The molecule has 1 amide bonds. The number of nitrogens with zero attached hydrogens (tertiary/aromatic N) is 1. The summed E-state index contributed by atoms with van der Waals surface area (Å²) < 4.78 is 17.2. The van der Waals surface area contributed by atoms with Gasteiger partial charge in [0.15, 0.2) is 0 Å². The molecule has 37 heavy (non-hydrogen) atoms. The molecule has 1 saturated heterocycles. The standard InChI is InChI=1S/C25H38N4O8/c1-13(2)20-17(24(29-28-20)37-25-23(34)22(33)21(32)18(12-30)36-25)10-15-5-6-16(9-14(15)3)35-8-4-7-27-11-19(26)31/h5-6,9,13,18,21-23,25,27,30,32-34H,4,7-8,10-12H2,1-3H3,(H2,26,31)(H,28,29)/t18-,21-,22+,23-,25+/m1/s1. The lowest BCUT2D eigenvalue weighted by atomic mass is 9.96. The first-order chi connectivity index (χ1) is 17.6. The number of ether oxygens (including phenoxy) is 3. The van der Waals surface area contributed by atoms with Crippen molar-refractivity contribution in [1.82, 2.24) is 15.5 Å². The zero-order valence-electron chi connectivity index (χ0n) is 21.4. The zero-order valence-corrected chi connectivity index (χ0v) is 21.4. The van der Waals surface area contributed by atoms with Crippen molar-refractivity contribution < 1.29 is 39.4 Å². The highest BCUT2D eigenvalue weighted by molar-refractivity contribution is 5.75. The fourth-order valence-electron chi connectivity index (χ4n) is 4.13. The number of nitrogens with one attached hydrogen (secondary N) is 2. The molecule has 1 fully saturated rings. The van der Waals surface area contributed by atoms with E-state index in [1.807, 2.05) is 39.0 Å². The van der Waals surface area contributed by atoms with E-state index in [2.05, 4.69) is 15.5 Å². The number of aryl methyl sites for hydroxylation is 1. The number of primary amides is 1. The van der Waals surface area contributed by atoms with E-state index in [1.165, 1.54) is 0 Å². The SMILES string of the molecule is Cc1cc(OCCCNCC(N)=O)ccc1Cc1c(O[C@@H]2O[C@H](CO)[C@@H](O)[C@H](O)[C@H]2O)n[nH]c1C(C)C. The van der Waals surface area contributed by atoms with Crippen LogP contribution >= 0.6 is 0 Å². The Morgan fingerprint density at radius 3 is 2.65 bits per heavy atom. The predicted octanol–water partition coefficient (Wildman–Crippen LogP) is -0.545. The predicted molar refractivity (Wildman–Crippen MR) is 133 cm³/mol. The van der Waals surface area contributed by atoms with Gasteiger partial charge in [-0.05, 0) is 49.1 Å². The number of nitrogens with two attached hydrogens (primary N) is 1. The Hall–Kier alpha value is -2.74. The van der Waals surface area contributed by atoms with Crippen LogP contribution in [0.5, 0.6) is 11.6 Å². The van der Waals surface area contributed by atoms with E-state index < -0.39 is 43.2 Å². The summed E-state index contributed by atoms with van der Waals surface area (Å²) in [6, 6.07) is 5.79. The first kappa shape index (κ1) is 28.8. The van der Waals surface area contributed by atoms with E-state index in [0.29, 0.717) is 19.6 Å². The third-order valence-electron chi connectivity index (χ3n) is 6.26. The summed E-state index contributed by atoms with van der Waals surface area (Å²) in [6.45, 7) is 6.70. The van der Waals surface area contributed by atoms with E-state index in [1.54, 1.807) is 0 Å². The molecule has 0 unspecified atom stereocenters. The highest BCUT2D eigenvalue weighted by Gasteiger charge is 2.45. The van der Waals surface area contributed by atoms with Gasteiger partial charge in [0, 0.05) is 17.7 Å². The topological polar surface area (TPSA) is 192 Å². The number of H-pyrrole nitrogens is 1. The minimum Gasteiger partial charge on any atom is -0.494 e. The number of aliphatic hydroxyl groups is 4. The highest BCUT2D eigenvalue weighted by Crippen LogP contribution is 2.32. The van der Waals surface area contributed by atoms with E-state index >= 15 is 0 Å². The molecule has 1 aromatic carbocycles. The summed E-state index contributed by atoms with van der Waals surface area (Å²) >= 11 is 0. The van der Waals surface area contributed by atoms with Gasteiger partial charge in [-0.25, -0.2) is 0 Å². The quantitative estimate of drug-likeness (QED) is 0.168. The lowest BCUT2D eigenvalue weighted by molar-refractivity contribution is -0.278. The molecule has 206 valence electrons. The van der Waals surface area contributed by atoms with Gasteiger partial charge < -0.3 is 45.7 Å². The summed E-state index contributed by atoms with van der Waals surface area (Å²) in [7, 11) is 0. The summed E-state index contributed by atoms with van der Waals surface area (Å²) in [6.07, 6.45) is -5.76. The number of carbonyl (C=O) groups excluding carboxylic acids is 1. The molecule has 8 N–H and O–H groups in total. The number of amides is 1. The lowest BCUT2D eigenvalue weighted by Gasteiger charge is -2.39. The van der Waals surface area contributed by atoms with Gasteiger partial charge in [0.25, 0.3) is 0 Å². The first-order valence-corrected chi connectivity index (χ1v) is 12.4. The van der Waals surface area contributed by atoms with Crippen LogP contribution in [-0.4, -0.2) is 93.5 Å². The number of rotatable bonds is 13. The second-order valence-corrected chi connectivity index (χ2v) is 9.50. The molecule has 3 rings (SSSR count). The molecule has 0 spiro atoms. The maximum atomic E-state index is 10.7. The van der Waals surface area contributed by atoms with Crippen LogP contribution in [0.2, 0.25) is 0 Å². The molecule has 0 bridgehead atoms. The van der Waals surface area contributed by atoms with Gasteiger partial charge in [-0.15, -0.1) is 5.10 Å². The van der Waals surface area contributed by atoms with Crippen molar-refractivity contribution in [3.8, 4) is 11.6 Å². The van der Waals surface area contributed by atoms with Crippen molar-refractivity contribution in [3.63, 3.8) is 0 Å². The maximum absolute atomic E-state index is 10.7. The highest BCUT2D eigenvalue weighted by atomic mass is 16.7. The largest absolute Gasteiger partial charge is 0.494 e. The Labute approximate surface area is 215 Å². The van der Waals surface area contributed by atoms with Gasteiger partial charge in [-0.2, -0.15) is 0 Å². The van der Waals surface area contributed by atoms with Gasteiger partial charge in [0.05, 0.1) is 19.8 Å². The number of aromatic amines is 1. The van der Waals surface area contributed by atoms with Crippen molar-refractivity contribution >= 4 is 5.91 Å². The first-order valence-electron chi connectivity index (χ1n) is 12.4. The van der Waals surface area contributed by atoms with E-state index in [4.69, 9.17) is 19.9 Å². The molecule has 1 aliphatic heterocycles. The number of benzene rings is 1. The Balaban J connectivity index is 1.70. The van der Waals surface area contributed by atoms with Crippen LogP contribution in [0.15, 0.2) is 18.2 Å². The molecule has 0 saturated carbocycles. The van der Waals surface area contributed by atoms with Crippen molar-refractivity contribution in [2.24, 2.45) is 5.73 Å². The van der Waals surface area contributed by atoms with Crippen LogP contribution in [0, 0.1) is 6.92 Å². The van der Waals surface area contributed by atoms with Crippen LogP contribution in [0.4, 0.5) is 0 Å². The number of carbonyl (C=O) groups is 1. The monoisotopic (exact) mass is 522 g/mol. The Bertz CT molecular complexity index is 1030. The van der Waals surface area contributed by atoms with Gasteiger partial charge in [0.2, 0.25) is 18.1 Å². The van der Waals surface area contributed by atoms with Crippen LogP contribution in [0.1, 0.15) is 48.6 Å². The smallest absolute Gasteiger partial charge is 0.238 e. The number of hydrogen-bond acceptors (Lipinski definition) is 10. The lowest BCUT2D eigenvalue weighted by Crippen LogP contribution is -2.60. The number of aromatic nitrogens is 2. The zero-order chi connectivity index (χ0) is 27.1. The van der Waals surface area contributed by atoms with Crippen LogP contribution in [0.3, 0.4) is 0 Å². The van der Waals surface area contributed by atoms with Gasteiger partial charge in [-0.3, -0.25) is 9.89 Å². The summed E-state index contributed by atoms with van der Waals surface area (Å²) in [5.41, 5.74) is 8.72. The van der Waals surface area contributed by atoms with Gasteiger partial charge in [-0.1, -0.05) is 19.9 Å². The third kappa shape index (κ3) is 7.40. The summed E-state index contributed by atoms with van der Waals surface area (Å²) in [5.74, 6) is 0.634. The van der Waals surface area contributed by atoms with Crippen molar-refractivity contribution in [2.45, 2.75) is 70.2 Å². The van der Waals surface area contributed by atoms with E-state index in [0.717, 1.165) is 34.6 Å². The third-order valence-corrected chi connectivity index (χ3v) is 6.26. The second kappa shape index (κ2) is 13.2. The molecule has 0 radical (unpaired) electrons. The maximum Gasteiger partial charge on any atom is 0.238 e. The van der Waals surface area contributed by atoms with Crippen LogP contribution in [0.25, 0.3) is 0 Å². The molecular formula is C25H38N4O8. The molecule has 12 nitrogen and oxygen atoms in total. The average Bonchev–Trinajstić information content (AvgIpc) is 3.25. The molecule has 0 aliphatic carbocycles. The molecule has 1 aromatic heterocycles. The molecule has 12 heteroatoms. The molecule has 1 aliphatic rings. The van der Waals surface area contributed by atoms with Gasteiger partial charge in [0.1, 0.15) is 30.2 Å². The van der Waals surface area contributed by atoms with E-state index in [9.17, 15) is 25.2 Å². The Kier molecular flexibility index (Phi) is 10.3. The Morgan fingerprint density at radius 1 is 1.24 bits per heavy atom. The molecule has 2 aromatic rings. The normalized spacial score (nSPS) is 23.8. The Morgan fingerprint density at radius 2 is 2.00 bits per heavy atom. The fourth-order valence-corrected chi connectivity index (χ4v) is 4.13. The minimum atomic E-state index is -1.54. The van der Waals surface area contributed by atoms with Crippen molar-refractivity contribution in [1.29, 1.82) is 0 Å². The average molecular weight is 523 g/mol. The molecule has 5 atom stereocenters.